The second-order valence-corrected chi connectivity index (χ2v) is 5.68. The molecule has 2 heterocycles. The molecule has 0 radical (unpaired) electrons. The highest BCUT2D eigenvalue weighted by atomic mass is 16.4. The van der Waals surface area contributed by atoms with Crippen molar-refractivity contribution in [3.63, 3.8) is 0 Å². The van der Waals surface area contributed by atoms with Gasteiger partial charge in [-0.05, 0) is 44.4 Å². The van der Waals surface area contributed by atoms with Gasteiger partial charge in [0.2, 0.25) is 5.91 Å². The van der Waals surface area contributed by atoms with E-state index in [0.717, 1.165) is 12.8 Å². The number of nitrogens with one attached hydrogen (secondary N) is 1. The highest BCUT2D eigenvalue weighted by molar-refractivity contribution is 5.80. The predicted octanol–water partition coefficient (Wildman–Crippen LogP) is 1.64. The molecule has 0 aliphatic carbocycles. The number of likely N-dealkylation sites (tertiary alicyclic amines) is 1. The van der Waals surface area contributed by atoms with E-state index in [1.807, 2.05) is 13.8 Å². The normalized spacial score (nSPS) is 24.5. The minimum Gasteiger partial charge on any atom is -0.480 e. The highest BCUT2D eigenvalue weighted by Gasteiger charge is 2.35. The Morgan fingerprint density at radius 3 is 2.95 bits per heavy atom. The molecule has 6 heteroatoms. The molecule has 0 spiro atoms. The molecule has 1 aliphatic rings. The summed E-state index contributed by atoms with van der Waals surface area (Å²) in [5.41, 5.74) is 0. The van der Waals surface area contributed by atoms with Crippen LogP contribution >= 0.6 is 0 Å². The second kappa shape index (κ2) is 6.76. The van der Waals surface area contributed by atoms with Gasteiger partial charge < -0.3 is 14.8 Å². The van der Waals surface area contributed by atoms with Crippen LogP contribution in [0.1, 0.15) is 38.5 Å². The largest absolute Gasteiger partial charge is 0.480 e. The van der Waals surface area contributed by atoms with Crippen LogP contribution in [0.5, 0.6) is 0 Å². The lowest BCUT2D eigenvalue weighted by atomic mass is 9.91. The predicted molar refractivity (Wildman–Crippen MR) is 76.7 cm³/mol. The molecule has 116 valence electrons. The van der Waals surface area contributed by atoms with Gasteiger partial charge in [0.25, 0.3) is 0 Å². The minimum atomic E-state index is -0.853. The van der Waals surface area contributed by atoms with Crippen LogP contribution in [-0.2, 0) is 9.59 Å². The maximum atomic E-state index is 12.1. The molecule has 6 nitrogen and oxygen atoms in total. The maximum Gasteiger partial charge on any atom is 0.321 e. The Balaban J connectivity index is 1.93. The van der Waals surface area contributed by atoms with E-state index in [4.69, 9.17) is 4.42 Å². The van der Waals surface area contributed by atoms with E-state index in [1.165, 1.54) is 0 Å². The van der Waals surface area contributed by atoms with Crippen LogP contribution < -0.4 is 5.32 Å². The molecule has 1 aromatic heterocycles. The molecule has 1 amide bonds. The Labute approximate surface area is 124 Å². The number of furan rings is 1. The molecule has 1 fully saturated rings. The van der Waals surface area contributed by atoms with Crippen molar-refractivity contribution in [2.75, 3.05) is 13.1 Å². The summed E-state index contributed by atoms with van der Waals surface area (Å²) in [6, 6.07) is 2.76. The number of hydrogen-bond acceptors (Lipinski definition) is 4. The lowest BCUT2D eigenvalue weighted by Gasteiger charge is -2.36. The molecule has 0 aromatic carbocycles. The van der Waals surface area contributed by atoms with Gasteiger partial charge in [0, 0.05) is 0 Å². The number of carbonyl (C=O) groups is 2. The van der Waals surface area contributed by atoms with Crippen LogP contribution in [-0.4, -0.2) is 41.0 Å². The molecule has 3 unspecified atom stereocenters. The monoisotopic (exact) mass is 294 g/mol. The smallest absolute Gasteiger partial charge is 0.321 e. The van der Waals surface area contributed by atoms with Crippen molar-refractivity contribution in [2.45, 2.75) is 38.8 Å². The van der Waals surface area contributed by atoms with Crippen molar-refractivity contribution in [1.29, 1.82) is 0 Å². The molecule has 0 saturated carbocycles. The topological polar surface area (TPSA) is 82.8 Å². The Morgan fingerprint density at radius 2 is 2.33 bits per heavy atom. The van der Waals surface area contributed by atoms with Gasteiger partial charge in [0.1, 0.15) is 11.8 Å². The fourth-order valence-electron chi connectivity index (χ4n) is 2.93. The van der Waals surface area contributed by atoms with Gasteiger partial charge in [0.15, 0.2) is 0 Å². The number of carboxylic acid groups (broad SMARTS) is 1. The van der Waals surface area contributed by atoms with Crippen molar-refractivity contribution < 1.29 is 19.1 Å². The van der Waals surface area contributed by atoms with Crippen molar-refractivity contribution in [1.82, 2.24) is 10.2 Å². The lowest BCUT2D eigenvalue weighted by molar-refractivity contribution is -0.147. The molecule has 3 atom stereocenters. The number of piperidine rings is 1. The number of rotatable bonds is 5. The van der Waals surface area contributed by atoms with Crippen LogP contribution in [0.3, 0.4) is 0 Å². The highest BCUT2D eigenvalue weighted by Crippen LogP contribution is 2.23. The van der Waals surface area contributed by atoms with E-state index in [9.17, 15) is 14.7 Å². The average molecular weight is 294 g/mol. The van der Waals surface area contributed by atoms with E-state index in [-0.39, 0.29) is 24.4 Å². The third kappa shape index (κ3) is 3.85. The first kappa shape index (κ1) is 15.6. The number of carboxylic acids is 1. The fraction of sp³-hybridized carbons (Fsp3) is 0.600. The lowest BCUT2D eigenvalue weighted by Crippen LogP contribution is -2.52. The SMILES string of the molecule is CC(NC(=O)CN1CCCC(C)C1C(=O)O)c1ccco1. The first-order valence-corrected chi connectivity index (χ1v) is 7.28. The summed E-state index contributed by atoms with van der Waals surface area (Å²) in [6.07, 6.45) is 3.37. The van der Waals surface area contributed by atoms with Crippen LogP contribution in [0.2, 0.25) is 0 Å². The minimum absolute atomic E-state index is 0.0616. The standard InChI is InChI=1S/C15H22N2O4/c1-10-5-3-7-17(14(10)15(19)20)9-13(18)16-11(2)12-6-4-8-21-12/h4,6,8,10-11,14H,3,5,7,9H2,1-2H3,(H,16,18)(H,19,20). The van der Waals surface area contributed by atoms with Gasteiger partial charge in [0.05, 0.1) is 18.8 Å². The summed E-state index contributed by atoms with van der Waals surface area (Å²) in [6.45, 7) is 4.51. The number of aliphatic carboxylic acids is 1. The van der Waals surface area contributed by atoms with Crippen LogP contribution in [0.4, 0.5) is 0 Å². The summed E-state index contributed by atoms with van der Waals surface area (Å²) >= 11 is 0. The van der Waals surface area contributed by atoms with Crippen molar-refractivity contribution >= 4 is 11.9 Å². The molecule has 2 rings (SSSR count). The van der Waals surface area contributed by atoms with E-state index in [2.05, 4.69) is 5.32 Å². The van der Waals surface area contributed by atoms with Crippen molar-refractivity contribution in [2.24, 2.45) is 5.92 Å². The number of amides is 1. The zero-order valence-corrected chi connectivity index (χ0v) is 12.4. The van der Waals surface area contributed by atoms with Gasteiger partial charge >= 0.3 is 5.97 Å². The molecular formula is C15H22N2O4. The Morgan fingerprint density at radius 1 is 1.57 bits per heavy atom. The first-order valence-electron chi connectivity index (χ1n) is 7.28. The number of nitrogens with zero attached hydrogens (tertiary/aromatic N) is 1. The summed E-state index contributed by atoms with van der Waals surface area (Å²) in [5.74, 6) is -0.287. The molecule has 1 saturated heterocycles. The Bertz CT molecular complexity index is 486. The van der Waals surface area contributed by atoms with Crippen molar-refractivity contribution in [3.05, 3.63) is 24.2 Å². The average Bonchev–Trinajstić information content (AvgIpc) is 2.91. The molecule has 1 aliphatic heterocycles. The summed E-state index contributed by atoms with van der Waals surface area (Å²) in [7, 11) is 0. The first-order chi connectivity index (χ1) is 9.99. The van der Waals surface area contributed by atoms with Crippen LogP contribution in [0, 0.1) is 5.92 Å². The third-order valence-corrected chi connectivity index (χ3v) is 3.98. The Hall–Kier alpha value is -1.82. The van der Waals surface area contributed by atoms with Gasteiger partial charge in [-0.2, -0.15) is 0 Å². The van der Waals surface area contributed by atoms with E-state index in [0.29, 0.717) is 12.3 Å². The fourth-order valence-corrected chi connectivity index (χ4v) is 2.93. The summed E-state index contributed by atoms with van der Waals surface area (Å²) in [5, 5.41) is 12.2. The maximum absolute atomic E-state index is 12.1. The van der Waals surface area contributed by atoms with Gasteiger partial charge in [-0.25, -0.2) is 0 Å². The zero-order chi connectivity index (χ0) is 15.4. The third-order valence-electron chi connectivity index (χ3n) is 3.98. The van der Waals surface area contributed by atoms with Crippen LogP contribution in [0.15, 0.2) is 22.8 Å². The van der Waals surface area contributed by atoms with E-state index >= 15 is 0 Å². The van der Waals surface area contributed by atoms with E-state index in [1.54, 1.807) is 23.3 Å². The number of hydrogen-bond donors (Lipinski definition) is 2. The molecule has 1 aromatic rings. The van der Waals surface area contributed by atoms with Crippen LogP contribution in [0.25, 0.3) is 0 Å². The molecular weight excluding hydrogens is 272 g/mol. The molecule has 0 bridgehead atoms. The summed E-state index contributed by atoms with van der Waals surface area (Å²) < 4.78 is 5.24. The van der Waals surface area contributed by atoms with Gasteiger partial charge in [-0.3, -0.25) is 14.5 Å². The summed E-state index contributed by atoms with van der Waals surface area (Å²) in [4.78, 5) is 25.2. The van der Waals surface area contributed by atoms with Crippen molar-refractivity contribution in [3.8, 4) is 0 Å². The quantitative estimate of drug-likeness (QED) is 0.862. The molecule has 21 heavy (non-hydrogen) atoms. The number of carbonyl (C=O) groups excluding carboxylic acids is 1. The Kier molecular flexibility index (Phi) is 5.01. The van der Waals surface area contributed by atoms with E-state index < -0.39 is 12.0 Å². The zero-order valence-electron chi connectivity index (χ0n) is 12.4. The molecule has 2 N–H and O–H groups in total. The van der Waals surface area contributed by atoms with Gasteiger partial charge in [-0.1, -0.05) is 6.92 Å². The second-order valence-electron chi connectivity index (χ2n) is 5.68. The van der Waals surface area contributed by atoms with Gasteiger partial charge in [-0.15, -0.1) is 0 Å².